The predicted octanol–water partition coefficient (Wildman–Crippen LogP) is 4.49. The molecule has 0 saturated heterocycles. The molecule has 0 unspecified atom stereocenters. The van der Waals surface area contributed by atoms with Crippen LogP contribution in [0, 0.1) is 11.3 Å². The van der Waals surface area contributed by atoms with Crippen molar-refractivity contribution < 1.29 is 4.79 Å². The average Bonchev–Trinajstić information content (AvgIpc) is 3.11. The molecule has 0 radical (unpaired) electrons. The van der Waals surface area contributed by atoms with Gasteiger partial charge in [-0.2, -0.15) is 5.26 Å². The molecule has 130 valence electrons. The van der Waals surface area contributed by atoms with Gasteiger partial charge in [0, 0.05) is 11.4 Å². The monoisotopic (exact) mass is 393 g/mol. The molecular weight excluding hydrogens is 377 g/mol. The molecule has 1 aliphatic rings. The SMILES string of the molecule is CN(CC(=O)Nc1sc2c(c1C#N)CCC2)Cc1ccc(Cl)c(Cl)c1. The van der Waals surface area contributed by atoms with Gasteiger partial charge in [0.15, 0.2) is 0 Å². The summed E-state index contributed by atoms with van der Waals surface area (Å²) in [6.07, 6.45) is 3.03. The van der Waals surface area contributed by atoms with Gasteiger partial charge in [-0.15, -0.1) is 11.3 Å². The predicted molar refractivity (Wildman–Crippen MR) is 102 cm³/mol. The first-order valence-corrected chi connectivity index (χ1v) is 9.52. The molecule has 25 heavy (non-hydrogen) atoms. The molecule has 1 heterocycles. The number of aryl methyl sites for hydroxylation is 1. The number of fused-ring (bicyclic) bond motifs is 1. The molecule has 0 bridgehead atoms. The summed E-state index contributed by atoms with van der Waals surface area (Å²) in [5.41, 5.74) is 2.74. The Morgan fingerprint density at radius 2 is 2.16 bits per heavy atom. The second kappa shape index (κ2) is 7.76. The molecule has 2 aromatic rings. The third kappa shape index (κ3) is 4.16. The molecular formula is C18H17Cl2N3OS. The van der Waals surface area contributed by atoms with Gasteiger partial charge in [-0.1, -0.05) is 29.3 Å². The van der Waals surface area contributed by atoms with Crippen molar-refractivity contribution in [3.63, 3.8) is 0 Å². The van der Waals surface area contributed by atoms with Crippen molar-refractivity contribution in [3.8, 4) is 6.07 Å². The number of amides is 1. The van der Waals surface area contributed by atoms with E-state index in [4.69, 9.17) is 23.2 Å². The number of anilines is 1. The number of benzene rings is 1. The lowest BCUT2D eigenvalue weighted by molar-refractivity contribution is -0.117. The van der Waals surface area contributed by atoms with Crippen LogP contribution in [0.1, 0.15) is 28.0 Å². The molecule has 1 aromatic heterocycles. The van der Waals surface area contributed by atoms with E-state index in [1.54, 1.807) is 12.1 Å². The number of nitriles is 1. The van der Waals surface area contributed by atoms with Gasteiger partial charge in [0.05, 0.1) is 22.2 Å². The van der Waals surface area contributed by atoms with Crippen molar-refractivity contribution >= 4 is 45.4 Å². The molecule has 0 fully saturated rings. The van der Waals surface area contributed by atoms with Crippen LogP contribution in [0.5, 0.6) is 0 Å². The highest BCUT2D eigenvalue weighted by molar-refractivity contribution is 7.16. The van der Waals surface area contributed by atoms with Crippen LogP contribution in [0.15, 0.2) is 18.2 Å². The maximum absolute atomic E-state index is 12.3. The number of nitrogens with one attached hydrogen (secondary N) is 1. The number of nitrogens with zero attached hydrogens (tertiary/aromatic N) is 2. The van der Waals surface area contributed by atoms with Crippen LogP contribution < -0.4 is 5.32 Å². The van der Waals surface area contributed by atoms with E-state index >= 15 is 0 Å². The number of carbonyl (C=O) groups is 1. The van der Waals surface area contributed by atoms with E-state index < -0.39 is 0 Å². The van der Waals surface area contributed by atoms with E-state index in [0.717, 1.165) is 30.4 Å². The van der Waals surface area contributed by atoms with Gasteiger partial charge in [-0.3, -0.25) is 9.69 Å². The summed E-state index contributed by atoms with van der Waals surface area (Å²) in [7, 11) is 1.86. The highest BCUT2D eigenvalue weighted by atomic mass is 35.5. The van der Waals surface area contributed by atoms with E-state index in [2.05, 4.69) is 11.4 Å². The zero-order valence-electron chi connectivity index (χ0n) is 13.7. The van der Waals surface area contributed by atoms with Gasteiger partial charge in [0.2, 0.25) is 5.91 Å². The number of rotatable bonds is 5. The number of carbonyl (C=O) groups excluding carboxylic acids is 1. The highest BCUT2D eigenvalue weighted by Gasteiger charge is 2.23. The minimum absolute atomic E-state index is 0.126. The number of likely N-dealkylation sites (N-methyl/N-ethyl adjacent to an activating group) is 1. The summed E-state index contributed by atoms with van der Waals surface area (Å²) >= 11 is 13.5. The summed E-state index contributed by atoms with van der Waals surface area (Å²) < 4.78 is 0. The maximum Gasteiger partial charge on any atom is 0.239 e. The zero-order chi connectivity index (χ0) is 18.0. The molecule has 0 aliphatic heterocycles. The zero-order valence-corrected chi connectivity index (χ0v) is 16.1. The minimum Gasteiger partial charge on any atom is -0.315 e. The Kier molecular flexibility index (Phi) is 5.65. The van der Waals surface area contributed by atoms with Crippen molar-refractivity contribution in [1.29, 1.82) is 5.26 Å². The Morgan fingerprint density at radius 3 is 2.88 bits per heavy atom. The lowest BCUT2D eigenvalue weighted by Crippen LogP contribution is -2.29. The first-order valence-electron chi connectivity index (χ1n) is 7.95. The fourth-order valence-electron chi connectivity index (χ4n) is 3.03. The minimum atomic E-state index is -0.126. The molecule has 1 aliphatic carbocycles. The van der Waals surface area contributed by atoms with Gasteiger partial charge in [-0.25, -0.2) is 0 Å². The number of hydrogen-bond donors (Lipinski definition) is 1. The third-order valence-electron chi connectivity index (χ3n) is 4.14. The van der Waals surface area contributed by atoms with E-state index in [-0.39, 0.29) is 12.5 Å². The molecule has 0 atom stereocenters. The van der Waals surface area contributed by atoms with Gasteiger partial charge >= 0.3 is 0 Å². The average molecular weight is 394 g/mol. The molecule has 1 amide bonds. The Morgan fingerprint density at radius 1 is 1.36 bits per heavy atom. The van der Waals surface area contributed by atoms with Crippen molar-refractivity contribution in [1.82, 2.24) is 4.90 Å². The molecule has 3 rings (SSSR count). The smallest absolute Gasteiger partial charge is 0.239 e. The Hall–Kier alpha value is -1.58. The number of hydrogen-bond acceptors (Lipinski definition) is 4. The summed E-state index contributed by atoms with van der Waals surface area (Å²) in [5.74, 6) is -0.126. The van der Waals surface area contributed by atoms with Crippen molar-refractivity contribution in [2.24, 2.45) is 0 Å². The second-order valence-electron chi connectivity index (χ2n) is 6.14. The van der Waals surface area contributed by atoms with Crippen LogP contribution in [0.4, 0.5) is 5.00 Å². The maximum atomic E-state index is 12.3. The first-order chi connectivity index (χ1) is 12.0. The third-order valence-corrected chi connectivity index (χ3v) is 6.08. The van der Waals surface area contributed by atoms with Gasteiger partial charge < -0.3 is 5.32 Å². The second-order valence-corrected chi connectivity index (χ2v) is 8.06. The normalized spacial score (nSPS) is 12.9. The van der Waals surface area contributed by atoms with E-state index in [1.807, 2.05) is 18.0 Å². The Bertz CT molecular complexity index is 857. The van der Waals surface area contributed by atoms with Crippen LogP contribution in [-0.2, 0) is 24.2 Å². The van der Waals surface area contributed by atoms with Crippen molar-refractivity contribution in [2.45, 2.75) is 25.8 Å². The summed E-state index contributed by atoms with van der Waals surface area (Å²) in [4.78, 5) is 15.5. The van der Waals surface area contributed by atoms with Crippen LogP contribution in [0.25, 0.3) is 0 Å². The molecule has 7 heteroatoms. The van der Waals surface area contributed by atoms with Crippen LogP contribution in [-0.4, -0.2) is 24.4 Å². The summed E-state index contributed by atoms with van der Waals surface area (Å²) in [6.45, 7) is 0.810. The van der Waals surface area contributed by atoms with Crippen LogP contribution >= 0.6 is 34.5 Å². The van der Waals surface area contributed by atoms with Crippen LogP contribution in [0.3, 0.4) is 0 Å². The first kappa shape index (κ1) is 18.2. The summed E-state index contributed by atoms with van der Waals surface area (Å²) in [5, 5.41) is 14.0. The topological polar surface area (TPSA) is 56.1 Å². The summed E-state index contributed by atoms with van der Waals surface area (Å²) in [6, 6.07) is 7.68. The van der Waals surface area contributed by atoms with Crippen molar-refractivity contribution in [3.05, 3.63) is 49.8 Å². The Labute approximate surface area is 161 Å². The van der Waals surface area contributed by atoms with E-state index in [0.29, 0.717) is 27.2 Å². The lowest BCUT2D eigenvalue weighted by Gasteiger charge is -2.16. The fourth-order valence-corrected chi connectivity index (χ4v) is 4.60. The highest BCUT2D eigenvalue weighted by Crippen LogP contribution is 2.38. The molecule has 0 saturated carbocycles. The molecule has 0 spiro atoms. The molecule has 4 nitrogen and oxygen atoms in total. The van der Waals surface area contributed by atoms with E-state index in [9.17, 15) is 10.1 Å². The Balaban J connectivity index is 1.61. The lowest BCUT2D eigenvalue weighted by atomic mass is 10.1. The fraction of sp³-hybridized carbons (Fsp3) is 0.333. The van der Waals surface area contributed by atoms with Gasteiger partial charge in [0.1, 0.15) is 11.1 Å². The molecule has 1 aromatic carbocycles. The van der Waals surface area contributed by atoms with Crippen molar-refractivity contribution in [2.75, 3.05) is 18.9 Å². The quantitative estimate of drug-likeness (QED) is 0.813. The number of halogens is 2. The number of thiophene rings is 1. The van der Waals surface area contributed by atoms with Gasteiger partial charge in [-0.05, 0) is 49.6 Å². The van der Waals surface area contributed by atoms with E-state index in [1.165, 1.54) is 16.2 Å². The standard InChI is InChI=1S/C18H17Cl2N3OS/c1-23(9-11-5-6-14(19)15(20)7-11)10-17(24)22-18-13(8-21)12-3-2-4-16(12)25-18/h5-7H,2-4,9-10H2,1H3,(H,22,24). The molecule has 1 N–H and O–H groups in total. The van der Waals surface area contributed by atoms with Gasteiger partial charge in [0.25, 0.3) is 0 Å². The van der Waals surface area contributed by atoms with Crippen LogP contribution in [0.2, 0.25) is 10.0 Å². The largest absolute Gasteiger partial charge is 0.315 e.